The topological polar surface area (TPSA) is 32.3 Å². The van der Waals surface area contributed by atoms with Crippen molar-refractivity contribution in [3.05, 3.63) is 29.3 Å². The molecule has 0 aliphatic rings. The van der Waals surface area contributed by atoms with Crippen molar-refractivity contribution in [2.45, 2.75) is 33.4 Å². The number of hydrogen-bond donors (Lipinski definition) is 2. The number of hydrogen-bond acceptors (Lipinski definition) is 3. The van der Waals surface area contributed by atoms with E-state index >= 15 is 0 Å². The van der Waals surface area contributed by atoms with E-state index in [0.29, 0.717) is 11.8 Å². The van der Waals surface area contributed by atoms with Crippen molar-refractivity contribution in [2.75, 3.05) is 11.5 Å². The Bertz CT molecular complexity index is 328. The van der Waals surface area contributed by atoms with Gasteiger partial charge in [0, 0.05) is 23.9 Å². The quantitative estimate of drug-likeness (QED) is 0.800. The third-order valence-corrected chi connectivity index (χ3v) is 3.68. The molecule has 0 saturated carbocycles. The largest absolute Gasteiger partial charge is 0.507 e. The van der Waals surface area contributed by atoms with Crippen molar-refractivity contribution < 1.29 is 5.11 Å². The molecule has 2 nitrogen and oxygen atoms in total. The molecule has 1 aromatic carbocycles. The lowest BCUT2D eigenvalue weighted by Gasteiger charge is -2.14. The summed E-state index contributed by atoms with van der Waals surface area (Å²) in [4.78, 5) is 0. The molecular weight excluding hydrogens is 218 g/mol. The van der Waals surface area contributed by atoms with Crippen molar-refractivity contribution in [2.24, 2.45) is 0 Å². The molecule has 0 amide bonds. The number of benzene rings is 1. The molecule has 0 fully saturated rings. The van der Waals surface area contributed by atoms with E-state index in [0.717, 1.165) is 29.2 Å². The van der Waals surface area contributed by atoms with Gasteiger partial charge in [0.25, 0.3) is 0 Å². The molecule has 0 aliphatic carbocycles. The van der Waals surface area contributed by atoms with Gasteiger partial charge in [-0.25, -0.2) is 0 Å². The van der Waals surface area contributed by atoms with E-state index in [1.807, 2.05) is 36.9 Å². The van der Waals surface area contributed by atoms with Crippen LogP contribution in [0.15, 0.2) is 18.2 Å². The van der Waals surface area contributed by atoms with Gasteiger partial charge in [-0.1, -0.05) is 25.1 Å². The molecule has 0 radical (unpaired) electrons. The summed E-state index contributed by atoms with van der Waals surface area (Å²) in [5.41, 5.74) is 1.92. The van der Waals surface area contributed by atoms with Crippen LogP contribution in [0, 0.1) is 6.92 Å². The molecule has 0 bridgehead atoms. The maximum absolute atomic E-state index is 9.84. The molecule has 16 heavy (non-hydrogen) atoms. The summed E-state index contributed by atoms with van der Waals surface area (Å²) < 4.78 is 0. The fourth-order valence-electron chi connectivity index (χ4n) is 1.50. The van der Waals surface area contributed by atoms with Crippen LogP contribution >= 0.6 is 11.8 Å². The zero-order valence-electron chi connectivity index (χ0n) is 10.3. The number of rotatable bonds is 6. The first-order valence-corrected chi connectivity index (χ1v) is 6.89. The second-order valence-electron chi connectivity index (χ2n) is 4.02. The second kappa shape index (κ2) is 6.81. The third kappa shape index (κ3) is 4.06. The predicted molar refractivity (Wildman–Crippen MR) is 72.1 cm³/mol. The van der Waals surface area contributed by atoms with Crippen LogP contribution < -0.4 is 5.32 Å². The summed E-state index contributed by atoms with van der Waals surface area (Å²) >= 11 is 1.93. The molecule has 0 spiro atoms. The normalized spacial score (nSPS) is 12.7. The smallest absolute Gasteiger partial charge is 0.122 e. The van der Waals surface area contributed by atoms with Crippen molar-refractivity contribution in [3.8, 4) is 5.75 Å². The molecule has 0 heterocycles. The van der Waals surface area contributed by atoms with Crippen LogP contribution in [0.4, 0.5) is 0 Å². The molecule has 0 aliphatic heterocycles. The first-order chi connectivity index (χ1) is 7.65. The number of thioether (sulfide) groups is 1. The van der Waals surface area contributed by atoms with E-state index in [2.05, 4.69) is 19.2 Å². The van der Waals surface area contributed by atoms with Crippen LogP contribution in [0.5, 0.6) is 5.75 Å². The van der Waals surface area contributed by atoms with Crippen LogP contribution in [0.1, 0.15) is 25.0 Å². The maximum Gasteiger partial charge on any atom is 0.122 e. The Labute approximate surface area is 102 Å². The zero-order chi connectivity index (χ0) is 12.0. The maximum atomic E-state index is 9.84. The van der Waals surface area contributed by atoms with Gasteiger partial charge in [-0.15, -0.1) is 0 Å². The SMILES string of the molecule is CCSCC(C)NCc1cccc(C)c1O. The number of para-hydroxylation sites is 1. The molecule has 2 N–H and O–H groups in total. The third-order valence-electron chi connectivity index (χ3n) is 2.53. The molecule has 1 aromatic rings. The Morgan fingerprint density at radius 2 is 2.19 bits per heavy atom. The average molecular weight is 239 g/mol. The minimum Gasteiger partial charge on any atom is -0.507 e. The number of phenols is 1. The van der Waals surface area contributed by atoms with Gasteiger partial charge < -0.3 is 10.4 Å². The van der Waals surface area contributed by atoms with E-state index in [1.54, 1.807) is 0 Å². The van der Waals surface area contributed by atoms with Gasteiger partial charge in [0.05, 0.1) is 0 Å². The number of aromatic hydroxyl groups is 1. The van der Waals surface area contributed by atoms with Gasteiger partial charge in [-0.05, 0) is 25.2 Å². The van der Waals surface area contributed by atoms with Gasteiger partial charge in [-0.2, -0.15) is 11.8 Å². The van der Waals surface area contributed by atoms with Gasteiger partial charge in [0.1, 0.15) is 5.75 Å². The highest BCUT2D eigenvalue weighted by Crippen LogP contribution is 2.21. The standard InChI is InChI=1S/C13H21NOS/c1-4-16-9-11(3)14-8-12-7-5-6-10(2)13(12)15/h5-7,11,14-15H,4,8-9H2,1-3H3. The summed E-state index contributed by atoms with van der Waals surface area (Å²) in [6.45, 7) is 7.01. The molecule has 1 rings (SSSR count). The minimum absolute atomic E-state index is 0.422. The highest BCUT2D eigenvalue weighted by molar-refractivity contribution is 7.99. The monoisotopic (exact) mass is 239 g/mol. The molecule has 1 atom stereocenters. The lowest BCUT2D eigenvalue weighted by molar-refractivity contribution is 0.457. The van der Waals surface area contributed by atoms with Crippen LogP contribution in [0.25, 0.3) is 0 Å². The molecule has 0 saturated heterocycles. The summed E-state index contributed by atoms with van der Waals surface area (Å²) in [5, 5.41) is 13.3. The molecule has 3 heteroatoms. The predicted octanol–water partition coefficient (Wildman–Crippen LogP) is 2.93. The summed E-state index contributed by atoms with van der Waals surface area (Å²) in [5.74, 6) is 2.69. The Hall–Kier alpha value is -0.670. The summed E-state index contributed by atoms with van der Waals surface area (Å²) in [6.07, 6.45) is 0. The molecular formula is C13H21NOS. The van der Waals surface area contributed by atoms with Crippen LogP contribution in [0.2, 0.25) is 0 Å². The Balaban J connectivity index is 2.45. The minimum atomic E-state index is 0.422. The molecule has 0 aromatic heterocycles. The lowest BCUT2D eigenvalue weighted by Crippen LogP contribution is -2.27. The summed E-state index contributed by atoms with van der Waals surface area (Å²) in [7, 11) is 0. The van der Waals surface area contributed by atoms with E-state index < -0.39 is 0 Å². The first kappa shape index (κ1) is 13.4. The fraction of sp³-hybridized carbons (Fsp3) is 0.538. The first-order valence-electron chi connectivity index (χ1n) is 5.73. The van der Waals surface area contributed by atoms with Gasteiger partial charge in [0.15, 0.2) is 0 Å². The van der Waals surface area contributed by atoms with E-state index in [1.165, 1.54) is 0 Å². The van der Waals surface area contributed by atoms with E-state index in [-0.39, 0.29) is 0 Å². The van der Waals surface area contributed by atoms with E-state index in [9.17, 15) is 5.11 Å². The Morgan fingerprint density at radius 1 is 1.44 bits per heavy atom. The van der Waals surface area contributed by atoms with Crippen molar-refractivity contribution in [1.82, 2.24) is 5.32 Å². The number of aryl methyl sites for hydroxylation is 1. The Kier molecular flexibility index (Phi) is 5.71. The van der Waals surface area contributed by atoms with Gasteiger partial charge in [0.2, 0.25) is 0 Å². The van der Waals surface area contributed by atoms with Gasteiger partial charge in [-0.3, -0.25) is 0 Å². The highest BCUT2D eigenvalue weighted by Gasteiger charge is 2.05. The lowest BCUT2D eigenvalue weighted by atomic mass is 10.1. The van der Waals surface area contributed by atoms with Crippen LogP contribution in [-0.2, 0) is 6.54 Å². The van der Waals surface area contributed by atoms with Crippen molar-refractivity contribution >= 4 is 11.8 Å². The molecule has 1 unspecified atom stereocenters. The van der Waals surface area contributed by atoms with E-state index in [4.69, 9.17) is 0 Å². The fourth-order valence-corrected chi connectivity index (χ4v) is 2.21. The number of phenolic OH excluding ortho intramolecular Hbond substituents is 1. The zero-order valence-corrected chi connectivity index (χ0v) is 11.1. The van der Waals surface area contributed by atoms with Gasteiger partial charge >= 0.3 is 0 Å². The molecule has 90 valence electrons. The average Bonchev–Trinajstić information content (AvgIpc) is 2.28. The van der Waals surface area contributed by atoms with Crippen LogP contribution in [-0.4, -0.2) is 22.7 Å². The number of nitrogens with one attached hydrogen (secondary N) is 1. The Morgan fingerprint density at radius 3 is 2.88 bits per heavy atom. The highest BCUT2D eigenvalue weighted by atomic mass is 32.2. The van der Waals surface area contributed by atoms with Crippen LogP contribution in [0.3, 0.4) is 0 Å². The van der Waals surface area contributed by atoms with Crippen molar-refractivity contribution in [3.63, 3.8) is 0 Å². The van der Waals surface area contributed by atoms with Crippen molar-refractivity contribution in [1.29, 1.82) is 0 Å². The second-order valence-corrected chi connectivity index (χ2v) is 5.34. The summed E-state index contributed by atoms with van der Waals surface area (Å²) in [6, 6.07) is 6.35.